The van der Waals surface area contributed by atoms with Crippen molar-refractivity contribution in [3.63, 3.8) is 0 Å². The summed E-state index contributed by atoms with van der Waals surface area (Å²) in [6.07, 6.45) is 3.52. The van der Waals surface area contributed by atoms with Crippen molar-refractivity contribution < 1.29 is 14.1 Å². The fourth-order valence-corrected chi connectivity index (χ4v) is 2.78. The highest BCUT2D eigenvalue weighted by atomic mass is 127. The zero-order valence-corrected chi connectivity index (χ0v) is 16.8. The summed E-state index contributed by atoms with van der Waals surface area (Å²) in [5.41, 5.74) is 0.448. The molecule has 0 atom stereocenters. The van der Waals surface area contributed by atoms with E-state index in [2.05, 4.69) is 48.5 Å². The van der Waals surface area contributed by atoms with E-state index in [-0.39, 0.29) is 24.9 Å². The molecular formula is C16H14ClIN6O3. The van der Waals surface area contributed by atoms with E-state index >= 15 is 0 Å². The molecule has 0 unspecified atom stereocenters. The molecule has 0 bridgehead atoms. The van der Waals surface area contributed by atoms with E-state index in [1.807, 2.05) is 6.20 Å². The van der Waals surface area contributed by atoms with Gasteiger partial charge in [-0.25, -0.2) is 0 Å². The summed E-state index contributed by atoms with van der Waals surface area (Å²) in [6.45, 7) is 0.749. The summed E-state index contributed by atoms with van der Waals surface area (Å²) >= 11 is 7.99. The van der Waals surface area contributed by atoms with Gasteiger partial charge >= 0.3 is 11.8 Å². The van der Waals surface area contributed by atoms with Crippen molar-refractivity contribution in [3.8, 4) is 0 Å². The van der Waals surface area contributed by atoms with Crippen LogP contribution in [0, 0.1) is 3.57 Å². The summed E-state index contributed by atoms with van der Waals surface area (Å²) in [4.78, 5) is 28.0. The smallest absolute Gasteiger partial charge is 0.316 e. The zero-order valence-electron chi connectivity index (χ0n) is 13.9. The Morgan fingerprint density at radius 1 is 1.22 bits per heavy atom. The first-order valence-electron chi connectivity index (χ1n) is 7.84. The number of nitrogens with one attached hydrogen (secondary N) is 2. The molecule has 0 aliphatic heterocycles. The molecule has 2 N–H and O–H groups in total. The van der Waals surface area contributed by atoms with Crippen LogP contribution >= 0.6 is 34.2 Å². The average molecular weight is 501 g/mol. The molecule has 0 radical (unpaired) electrons. The Hall–Kier alpha value is -2.47. The van der Waals surface area contributed by atoms with Gasteiger partial charge in [-0.15, -0.1) is 0 Å². The minimum atomic E-state index is -0.513. The van der Waals surface area contributed by atoms with Gasteiger partial charge < -0.3 is 15.2 Å². The largest absolute Gasteiger partial charge is 0.350 e. The minimum absolute atomic E-state index is 0.145. The number of halogens is 2. The van der Waals surface area contributed by atoms with Crippen LogP contribution in [0.4, 0.5) is 0 Å². The lowest BCUT2D eigenvalue weighted by Gasteiger charge is -2.06. The quantitative estimate of drug-likeness (QED) is 0.377. The number of aromatic nitrogens is 4. The summed E-state index contributed by atoms with van der Waals surface area (Å²) < 4.78 is 7.57. The van der Waals surface area contributed by atoms with Gasteiger partial charge in [0.05, 0.1) is 9.77 Å². The lowest BCUT2D eigenvalue weighted by atomic mass is 10.2. The Labute approximate surface area is 172 Å². The average Bonchev–Trinajstić information content (AvgIpc) is 3.28. The van der Waals surface area contributed by atoms with E-state index in [4.69, 9.17) is 16.1 Å². The van der Waals surface area contributed by atoms with Crippen LogP contribution < -0.4 is 10.6 Å². The number of amides is 2. The number of carbonyl (C=O) groups is 2. The van der Waals surface area contributed by atoms with Gasteiger partial charge in [-0.1, -0.05) is 22.8 Å². The summed E-state index contributed by atoms with van der Waals surface area (Å²) in [5.74, 6) is -0.594. The van der Waals surface area contributed by atoms with Crippen LogP contribution in [0.15, 0.2) is 41.2 Å². The molecule has 2 heterocycles. The first-order chi connectivity index (χ1) is 13.0. The lowest BCUT2D eigenvalue weighted by molar-refractivity contribution is 0.0898. The molecule has 11 heteroatoms. The number of hydrogen-bond acceptors (Lipinski definition) is 6. The van der Waals surface area contributed by atoms with Gasteiger partial charge in [-0.3, -0.25) is 14.3 Å². The van der Waals surface area contributed by atoms with Crippen molar-refractivity contribution in [3.05, 3.63) is 62.5 Å². The third-order valence-corrected chi connectivity index (χ3v) is 4.14. The zero-order chi connectivity index (χ0) is 19.2. The minimum Gasteiger partial charge on any atom is -0.350 e. The van der Waals surface area contributed by atoms with Gasteiger partial charge in [0, 0.05) is 29.9 Å². The maximum atomic E-state index is 12.0. The second-order valence-electron chi connectivity index (χ2n) is 5.39. The van der Waals surface area contributed by atoms with Crippen LogP contribution in [-0.2, 0) is 6.54 Å². The molecule has 3 rings (SSSR count). The van der Waals surface area contributed by atoms with Crippen molar-refractivity contribution >= 4 is 46.0 Å². The van der Waals surface area contributed by atoms with E-state index in [0.717, 1.165) is 3.57 Å². The van der Waals surface area contributed by atoms with E-state index < -0.39 is 5.91 Å². The molecule has 0 saturated heterocycles. The van der Waals surface area contributed by atoms with Gasteiger partial charge in [0.25, 0.3) is 5.91 Å². The van der Waals surface area contributed by atoms with Crippen molar-refractivity contribution in [1.29, 1.82) is 0 Å². The Balaban J connectivity index is 1.43. The SMILES string of the molecule is O=C(NCCNC(=O)c1nc(Cn2cc(I)cn2)no1)c1cccc(Cl)c1. The van der Waals surface area contributed by atoms with Crippen LogP contribution in [0.1, 0.15) is 26.9 Å². The Morgan fingerprint density at radius 2 is 2.00 bits per heavy atom. The number of nitrogens with zero attached hydrogens (tertiary/aromatic N) is 4. The molecular weight excluding hydrogens is 487 g/mol. The molecule has 0 aliphatic carbocycles. The van der Waals surface area contributed by atoms with Gasteiger partial charge in [-0.2, -0.15) is 10.1 Å². The number of carbonyl (C=O) groups excluding carboxylic acids is 2. The van der Waals surface area contributed by atoms with Crippen molar-refractivity contribution in [2.45, 2.75) is 6.54 Å². The standard InChI is InChI=1S/C16H14ClIN6O3/c17-11-3-1-2-10(6-11)14(25)19-4-5-20-15(26)16-22-13(23-27-16)9-24-8-12(18)7-21-24/h1-3,6-8H,4-5,9H2,(H,19,25)(H,20,26). The molecule has 9 nitrogen and oxygen atoms in total. The normalized spacial score (nSPS) is 10.6. The van der Waals surface area contributed by atoms with E-state index in [0.29, 0.717) is 23.0 Å². The second kappa shape index (κ2) is 8.95. The van der Waals surface area contributed by atoms with Crippen LogP contribution in [0.2, 0.25) is 5.02 Å². The van der Waals surface area contributed by atoms with Gasteiger partial charge in [-0.05, 0) is 40.8 Å². The maximum absolute atomic E-state index is 12.0. The van der Waals surface area contributed by atoms with E-state index in [1.165, 1.54) is 0 Å². The number of rotatable bonds is 7. The van der Waals surface area contributed by atoms with E-state index in [9.17, 15) is 9.59 Å². The van der Waals surface area contributed by atoms with Gasteiger partial charge in [0.15, 0.2) is 5.82 Å². The molecule has 3 aromatic rings. The highest BCUT2D eigenvalue weighted by Gasteiger charge is 2.15. The molecule has 0 fully saturated rings. The van der Waals surface area contributed by atoms with E-state index in [1.54, 1.807) is 35.1 Å². The molecule has 0 saturated carbocycles. The summed E-state index contributed by atoms with van der Waals surface area (Å²) in [6, 6.07) is 6.59. The van der Waals surface area contributed by atoms with Crippen molar-refractivity contribution in [1.82, 2.24) is 30.6 Å². The molecule has 2 amide bonds. The fourth-order valence-electron chi connectivity index (χ4n) is 2.14. The highest BCUT2D eigenvalue weighted by Crippen LogP contribution is 2.10. The number of benzene rings is 1. The third-order valence-electron chi connectivity index (χ3n) is 3.35. The molecule has 27 heavy (non-hydrogen) atoms. The van der Waals surface area contributed by atoms with Crippen LogP contribution in [0.25, 0.3) is 0 Å². The van der Waals surface area contributed by atoms with Crippen molar-refractivity contribution in [2.75, 3.05) is 13.1 Å². The Morgan fingerprint density at radius 3 is 2.70 bits per heavy atom. The first-order valence-corrected chi connectivity index (χ1v) is 9.29. The topological polar surface area (TPSA) is 115 Å². The van der Waals surface area contributed by atoms with Gasteiger partial charge in [0.2, 0.25) is 0 Å². The molecule has 2 aromatic heterocycles. The van der Waals surface area contributed by atoms with Crippen LogP contribution in [0.5, 0.6) is 0 Å². The van der Waals surface area contributed by atoms with Crippen molar-refractivity contribution in [2.24, 2.45) is 0 Å². The maximum Gasteiger partial charge on any atom is 0.316 e. The van der Waals surface area contributed by atoms with Crippen LogP contribution in [-0.4, -0.2) is 44.8 Å². The fraction of sp³-hybridized carbons (Fsp3) is 0.188. The number of hydrogen-bond donors (Lipinski definition) is 2. The molecule has 0 spiro atoms. The Bertz CT molecular complexity index is 957. The van der Waals surface area contributed by atoms with Crippen LogP contribution in [0.3, 0.4) is 0 Å². The Kier molecular flexibility index (Phi) is 6.40. The predicted octanol–water partition coefficient (Wildman–Crippen LogP) is 1.73. The third kappa shape index (κ3) is 5.50. The lowest BCUT2D eigenvalue weighted by Crippen LogP contribution is -2.34. The molecule has 0 aliphatic rings. The predicted molar refractivity (Wildman–Crippen MR) is 104 cm³/mol. The van der Waals surface area contributed by atoms with Gasteiger partial charge in [0.1, 0.15) is 6.54 Å². The first kappa shape index (κ1) is 19.3. The molecule has 140 valence electrons. The summed E-state index contributed by atoms with van der Waals surface area (Å²) in [7, 11) is 0. The monoisotopic (exact) mass is 500 g/mol. The second-order valence-corrected chi connectivity index (χ2v) is 7.08. The highest BCUT2D eigenvalue weighted by molar-refractivity contribution is 14.1. The molecule has 1 aromatic carbocycles. The summed E-state index contributed by atoms with van der Waals surface area (Å²) in [5, 5.41) is 13.6.